The van der Waals surface area contributed by atoms with Crippen molar-refractivity contribution in [2.24, 2.45) is 0 Å². The van der Waals surface area contributed by atoms with Gasteiger partial charge in [-0.25, -0.2) is 0 Å². The Labute approximate surface area is 60.6 Å². The normalized spacial score (nSPS) is 6.40. The Morgan fingerprint density at radius 2 is 1.30 bits per heavy atom. The molecule has 0 rings (SSSR count). The molecule has 0 N–H and O–H groups in total. The molecule has 0 aromatic rings. The summed E-state index contributed by atoms with van der Waals surface area (Å²) in [5.41, 5.74) is 0. The van der Waals surface area contributed by atoms with Crippen molar-refractivity contribution in [2.45, 2.75) is 0 Å². The number of hydrogen-bond acceptors (Lipinski definition) is 4. The fourth-order valence-electron chi connectivity index (χ4n) is 0.167. The molecule has 4 heteroatoms. The van der Waals surface area contributed by atoms with Crippen LogP contribution in [0.2, 0.25) is 0 Å². The van der Waals surface area contributed by atoms with E-state index < -0.39 is 0 Å². The van der Waals surface area contributed by atoms with Crippen LogP contribution in [0.1, 0.15) is 0 Å². The zero-order valence-corrected chi connectivity index (χ0v) is 6.13. The molecule has 0 atom stereocenters. The van der Waals surface area contributed by atoms with Gasteiger partial charge in [0.05, 0.1) is 13.2 Å². The van der Waals surface area contributed by atoms with E-state index in [9.17, 15) is 0 Å². The first-order valence-corrected chi connectivity index (χ1v) is 2.59. The van der Waals surface area contributed by atoms with E-state index in [0.29, 0.717) is 13.2 Å². The Kier molecular flexibility index (Phi) is 18.3. The van der Waals surface area contributed by atoms with Gasteiger partial charge in [0.25, 0.3) is 0 Å². The number of nitriles is 2. The third-order valence-corrected chi connectivity index (χ3v) is 0.542. The summed E-state index contributed by atoms with van der Waals surface area (Å²) < 4.78 is 9.31. The van der Waals surface area contributed by atoms with Crippen molar-refractivity contribution in [2.75, 3.05) is 27.4 Å². The zero-order valence-electron chi connectivity index (χ0n) is 6.13. The maximum absolute atomic E-state index is 7.26. The van der Waals surface area contributed by atoms with Gasteiger partial charge in [-0.15, -0.1) is 0 Å². The van der Waals surface area contributed by atoms with E-state index in [0.717, 1.165) is 0 Å². The predicted octanol–water partition coefficient (Wildman–Crippen LogP) is 0.313. The lowest BCUT2D eigenvalue weighted by Gasteiger charge is -1.91. The SMILES string of the molecule is COCCOC.N#CC#N. The van der Waals surface area contributed by atoms with Crippen LogP contribution in [0.4, 0.5) is 0 Å². The van der Waals surface area contributed by atoms with Crippen molar-refractivity contribution in [3.8, 4) is 12.1 Å². The second-order valence-electron chi connectivity index (χ2n) is 1.21. The molecular formula is C6H10N2O2. The monoisotopic (exact) mass is 142 g/mol. The second kappa shape index (κ2) is 15.7. The van der Waals surface area contributed by atoms with Crippen molar-refractivity contribution < 1.29 is 9.47 Å². The summed E-state index contributed by atoms with van der Waals surface area (Å²) in [6.45, 7) is 1.38. The van der Waals surface area contributed by atoms with Crippen LogP contribution >= 0.6 is 0 Å². The van der Waals surface area contributed by atoms with E-state index >= 15 is 0 Å². The summed E-state index contributed by atoms with van der Waals surface area (Å²) in [5, 5.41) is 14.5. The Balaban J connectivity index is 0. The molecule has 0 radical (unpaired) electrons. The van der Waals surface area contributed by atoms with Gasteiger partial charge in [-0.1, -0.05) is 0 Å². The summed E-state index contributed by atoms with van der Waals surface area (Å²) >= 11 is 0. The van der Waals surface area contributed by atoms with Gasteiger partial charge in [0.2, 0.25) is 0 Å². The number of hydrogen-bond donors (Lipinski definition) is 0. The fraction of sp³-hybridized carbons (Fsp3) is 0.667. The highest BCUT2D eigenvalue weighted by atomic mass is 16.5. The van der Waals surface area contributed by atoms with E-state index in [2.05, 4.69) is 9.47 Å². The zero-order chi connectivity index (χ0) is 8.24. The van der Waals surface area contributed by atoms with Gasteiger partial charge in [0.1, 0.15) is 0 Å². The van der Waals surface area contributed by atoms with Crippen molar-refractivity contribution in [1.82, 2.24) is 0 Å². The lowest BCUT2D eigenvalue weighted by Crippen LogP contribution is -1.96. The Morgan fingerprint density at radius 1 is 1.00 bits per heavy atom. The largest absolute Gasteiger partial charge is 0.382 e. The first kappa shape index (κ1) is 11.7. The van der Waals surface area contributed by atoms with Crippen molar-refractivity contribution in [3.05, 3.63) is 0 Å². The Morgan fingerprint density at radius 3 is 1.40 bits per heavy atom. The van der Waals surface area contributed by atoms with Crippen LogP contribution < -0.4 is 0 Å². The molecular weight excluding hydrogens is 132 g/mol. The lowest BCUT2D eigenvalue weighted by atomic mass is 10.8. The summed E-state index contributed by atoms with van der Waals surface area (Å²) in [6.07, 6.45) is 0. The quantitative estimate of drug-likeness (QED) is 0.532. The molecule has 0 saturated heterocycles. The van der Waals surface area contributed by atoms with Crippen LogP contribution in [0.5, 0.6) is 0 Å². The molecule has 0 aromatic carbocycles. The molecule has 0 aliphatic heterocycles. The molecule has 10 heavy (non-hydrogen) atoms. The summed E-state index contributed by atoms with van der Waals surface area (Å²) in [7, 11) is 3.30. The topological polar surface area (TPSA) is 66.0 Å². The van der Waals surface area contributed by atoms with Gasteiger partial charge in [0.15, 0.2) is 12.1 Å². The molecule has 0 bridgehead atoms. The lowest BCUT2D eigenvalue weighted by molar-refractivity contribution is 0.103. The summed E-state index contributed by atoms with van der Waals surface area (Å²) in [4.78, 5) is 0. The third kappa shape index (κ3) is 28.6. The molecule has 0 heterocycles. The maximum Gasteiger partial charge on any atom is 0.181 e. The molecule has 0 amide bonds. The number of nitrogens with zero attached hydrogens (tertiary/aromatic N) is 2. The van der Waals surface area contributed by atoms with Crippen LogP contribution in [0.3, 0.4) is 0 Å². The molecule has 0 aliphatic carbocycles. The highest BCUT2D eigenvalue weighted by Gasteiger charge is 1.73. The van der Waals surface area contributed by atoms with Gasteiger partial charge >= 0.3 is 0 Å². The first-order valence-electron chi connectivity index (χ1n) is 2.59. The first-order chi connectivity index (χ1) is 4.83. The molecule has 0 fully saturated rings. The molecule has 0 aliphatic rings. The van der Waals surface area contributed by atoms with Crippen LogP contribution in [0.25, 0.3) is 0 Å². The minimum absolute atomic E-state index is 0.691. The van der Waals surface area contributed by atoms with E-state index in [1.165, 1.54) is 12.1 Å². The maximum atomic E-state index is 7.26. The van der Waals surface area contributed by atoms with Gasteiger partial charge in [-0.2, -0.15) is 10.5 Å². The van der Waals surface area contributed by atoms with Crippen LogP contribution in [0, 0.1) is 22.7 Å². The number of methoxy groups -OCH3 is 2. The number of rotatable bonds is 3. The molecule has 0 saturated carbocycles. The van der Waals surface area contributed by atoms with Crippen molar-refractivity contribution in [1.29, 1.82) is 10.5 Å². The van der Waals surface area contributed by atoms with Crippen LogP contribution in [-0.2, 0) is 9.47 Å². The predicted molar refractivity (Wildman–Crippen MR) is 35.0 cm³/mol. The van der Waals surface area contributed by atoms with Crippen LogP contribution in [0.15, 0.2) is 0 Å². The molecule has 0 aromatic heterocycles. The summed E-state index contributed by atoms with van der Waals surface area (Å²) in [5.74, 6) is 0. The highest BCUT2D eigenvalue weighted by Crippen LogP contribution is 1.65. The van der Waals surface area contributed by atoms with Crippen LogP contribution in [-0.4, -0.2) is 27.4 Å². The van der Waals surface area contributed by atoms with Crippen molar-refractivity contribution in [3.63, 3.8) is 0 Å². The van der Waals surface area contributed by atoms with Gasteiger partial charge in [0, 0.05) is 14.2 Å². The molecule has 0 unspecified atom stereocenters. The minimum atomic E-state index is 0.691. The summed E-state index contributed by atoms with van der Waals surface area (Å²) in [6, 6.07) is 2.47. The Bertz CT molecular complexity index is 107. The van der Waals surface area contributed by atoms with Gasteiger partial charge < -0.3 is 9.47 Å². The average molecular weight is 142 g/mol. The standard InChI is InChI=1S/C4H10O2.C2N2/c1-5-3-4-6-2;3-1-2-4/h3-4H2,1-2H3;. The average Bonchev–Trinajstić information content (AvgIpc) is 2.01. The van der Waals surface area contributed by atoms with E-state index in [4.69, 9.17) is 10.5 Å². The number of ether oxygens (including phenoxy) is 2. The Hall–Kier alpha value is -1.10. The van der Waals surface area contributed by atoms with Gasteiger partial charge in [-0.3, -0.25) is 0 Å². The second-order valence-corrected chi connectivity index (χ2v) is 1.21. The molecule has 0 spiro atoms. The van der Waals surface area contributed by atoms with Crippen molar-refractivity contribution >= 4 is 0 Å². The van der Waals surface area contributed by atoms with E-state index in [1.807, 2.05) is 0 Å². The van der Waals surface area contributed by atoms with E-state index in [1.54, 1.807) is 14.2 Å². The molecule has 4 nitrogen and oxygen atoms in total. The smallest absolute Gasteiger partial charge is 0.181 e. The highest BCUT2D eigenvalue weighted by molar-refractivity contribution is 4.99. The minimum Gasteiger partial charge on any atom is -0.382 e. The fourth-order valence-corrected chi connectivity index (χ4v) is 0.167. The molecule has 56 valence electrons. The van der Waals surface area contributed by atoms with E-state index in [-0.39, 0.29) is 0 Å². The third-order valence-electron chi connectivity index (χ3n) is 0.542. The van der Waals surface area contributed by atoms with Gasteiger partial charge in [-0.05, 0) is 0 Å².